The number of para-hydroxylation sites is 1. The summed E-state index contributed by atoms with van der Waals surface area (Å²) < 4.78 is 0. The van der Waals surface area contributed by atoms with Crippen molar-refractivity contribution in [1.29, 1.82) is 0 Å². The number of rotatable bonds is 7. The van der Waals surface area contributed by atoms with E-state index in [4.69, 9.17) is 0 Å². The first kappa shape index (κ1) is 22.6. The van der Waals surface area contributed by atoms with E-state index in [0.717, 1.165) is 29.1 Å². The summed E-state index contributed by atoms with van der Waals surface area (Å²) in [6.07, 6.45) is 2.86. The van der Waals surface area contributed by atoms with Crippen molar-refractivity contribution in [2.45, 2.75) is 11.3 Å². The number of quaternary nitrogens is 2. The highest BCUT2D eigenvalue weighted by molar-refractivity contribution is 8.04. The van der Waals surface area contributed by atoms with Gasteiger partial charge in [-0.3, -0.25) is 14.5 Å². The average Bonchev–Trinajstić information content (AvgIpc) is 2.81. The van der Waals surface area contributed by atoms with Crippen molar-refractivity contribution in [2.75, 3.05) is 57.8 Å². The number of anilines is 1. The summed E-state index contributed by atoms with van der Waals surface area (Å²) in [5.41, 5.74) is 1.77. The normalized spacial score (nSPS) is 22.0. The summed E-state index contributed by atoms with van der Waals surface area (Å²) in [5.74, 6) is -0.242. The van der Waals surface area contributed by atoms with Crippen molar-refractivity contribution >= 4 is 35.3 Å². The van der Waals surface area contributed by atoms with Gasteiger partial charge in [-0.25, -0.2) is 0 Å². The predicted molar refractivity (Wildman–Crippen MR) is 129 cm³/mol. The maximum atomic E-state index is 13.2. The molecule has 3 N–H and O–H groups in total. The predicted octanol–water partition coefficient (Wildman–Crippen LogP) is 0.0859. The lowest BCUT2D eigenvalue weighted by Crippen LogP contribution is -3.27. The average molecular weight is 453 g/mol. The summed E-state index contributed by atoms with van der Waals surface area (Å²) in [7, 11) is 2.25. The van der Waals surface area contributed by atoms with Crippen molar-refractivity contribution < 1.29 is 19.4 Å². The fourth-order valence-electron chi connectivity index (χ4n) is 4.17. The fraction of sp³-hybridized carbons (Fsp3) is 0.360. The van der Waals surface area contributed by atoms with Gasteiger partial charge in [0.15, 0.2) is 0 Å². The van der Waals surface area contributed by atoms with Crippen LogP contribution in [-0.4, -0.2) is 64.7 Å². The van der Waals surface area contributed by atoms with E-state index >= 15 is 0 Å². The zero-order chi connectivity index (χ0) is 22.3. The molecule has 2 heterocycles. The summed E-state index contributed by atoms with van der Waals surface area (Å²) in [5, 5.41) is 3.02. The van der Waals surface area contributed by atoms with E-state index in [-0.39, 0.29) is 18.4 Å². The molecule has 0 aliphatic carbocycles. The highest BCUT2D eigenvalue weighted by atomic mass is 32.2. The molecule has 1 saturated heterocycles. The molecule has 0 atom stereocenters. The number of nitrogens with one attached hydrogen (secondary N) is 3. The molecule has 0 radical (unpaired) electrons. The summed E-state index contributed by atoms with van der Waals surface area (Å²) in [4.78, 5) is 32.4. The molecule has 0 unspecified atom stereocenters. The number of carbonyl (C=O) groups excluding carboxylic acids is 2. The highest BCUT2D eigenvalue weighted by Crippen LogP contribution is 2.41. The topological polar surface area (TPSA) is 58.3 Å². The van der Waals surface area contributed by atoms with Crippen LogP contribution in [0.1, 0.15) is 12.0 Å². The second-order valence-corrected chi connectivity index (χ2v) is 9.62. The van der Waals surface area contributed by atoms with Crippen LogP contribution >= 0.6 is 11.8 Å². The Balaban J connectivity index is 1.36. The minimum absolute atomic E-state index is 0.0350. The van der Waals surface area contributed by atoms with Crippen molar-refractivity contribution in [1.82, 2.24) is 5.32 Å². The molecular formula is C25H32N4O2S+2. The molecule has 1 fully saturated rings. The van der Waals surface area contributed by atoms with Gasteiger partial charge in [0.1, 0.15) is 32.7 Å². The van der Waals surface area contributed by atoms with Crippen molar-refractivity contribution in [3.05, 3.63) is 65.1 Å². The van der Waals surface area contributed by atoms with Gasteiger partial charge in [-0.2, -0.15) is 0 Å². The Labute approximate surface area is 194 Å². The largest absolute Gasteiger partial charge is 0.354 e. The third-order valence-electron chi connectivity index (χ3n) is 6.07. The van der Waals surface area contributed by atoms with Crippen LogP contribution in [0.15, 0.2) is 64.4 Å². The lowest BCUT2D eigenvalue weighted by atomic mass is 10.2. The van der Waals surface area contributed by atoms with Crippen molar-refractivity contribution in [3.63, 3.8) is 0 Å². The first-order valence-corrected chi connectivity index (χ1v) is 12.2. The molecule has 7 heteroatoms. The molecule has 2 aliphatic rings. The summed E-state index contributed by atoms with van der Waals surface area (Å²) >= 11 is 1.46. The van der Waals surface area contributed by atoms with Crippen molar-refractivity contribution in [2.24, 2.45) is 0 Å². The molecule has 0 aromatic heterocycles. The van der Waals surface area contributed by atoms with Crippen LogP contribution in [0.25, 0.3) is 6.08 Å². The SMILES string of the molecule is C[NH+]1CC[NH+](CCCNC(=O)CN2C(=O)C(=Cc3ccccc3)Sc3ccccc32)CC1. The standard InChI is InChI=1S/C25H30N4O2S/c1-27-14-16-28(17-15-27)13-7-12-26-24(30)19-29-21-10-5-6-11-22(21)32-23(25(29)31)18-20-8-3-2-4-9-20/h2-6,8-11,18H,7,12-17,19H2,1H3,(H,26,30)/p+2. The number of fused-ring (bicyclic) bond motifs is 1. The number of carbonyl (C=O) groups is 2. The Bertz CT molecular complexity index is 971. The summed E-state index contributed by atoms with van der Waals surface area (Å²) in [6.45, 7) is 6.60. The quantitative estimate of drug-likeness (QED) is 0.412. The van der Waals surface area contributed by atoms with Crippen LogP contribution in [0.3, 0.4) is 0 Å². The first-order valence-electron chi connectivity index (χ1n) is 11.4. The second-order valence-electron chi connectivity index (χ2n) is 8.54. The van der Waals surface area contributed by atoms with Gasteiger partial charge in [0, 0.05) is 17.9 Å². The summed E-state index contributed by atoms with van der Waals surface area (Å²) in [6, 6.07) is 17.6. The van der Waals surface area contributed by atoms with Crippen LogP contribution in [0.4, 0.5) is 5.69 Å². The Morgan fingerprint density at radius 1 is 1.06 bits per heavy atom. The van der Waals surface area contributed by atoms with Crippen LogP contribution in [-0.2, 0) is 9.59 Å². The van der Waals surface area contributed by atoms with Gasteiger partial charge in [-0.15, -0.1) is 0 Å². The number of benzene rings is 2. The molecule has 0 saturated carbocycles. The van der Waals surface area contributed by atoms with E-state index in [1.54, 1.807) is 14.7 Å². The molecule has 2 aliphatic heterocycles. The van der Waals surface area contributed by atoms with E-state index in [1.807, 2.05) is 60.7 Å². The van der Waals surface area contributed by atoms with Crippen LogP contribution in [0, 0.1) is 0 Å². The van der Waals surface area contributed by atoms with Gasteiger partial charge in [-0.05, 0) is 23.8 Å². The Morgan fingerprint density at radius 2 is 1.78 bits per heavy atom. The van der Waals surface area contributed by atoms with Gasteiger partial charge in [0.25, 0.3) is 5.91 Å². The lowest BCUT2D eigenvalue weighted by Gasteiger charge is -2.30. The molecule has 6 nitrogen and oxygen atoms in total. The van der Waals surface area contributed by atoms with E-state index in [0.29, 0.717) is 11.4 Å². The maximum Gasteiger partial charge on any atom is 0.265 e. The number of piperazine rings is 1. The smallest absolute Gasteiger partial charge is 0.265 e. The number of likely N-dealkylation sites (N-methyl/N-ethyl adjacent to an activating group) is 1. The molecule has 2 amide bonds. The monoisotopic (exact) mass is 452 g/mol. The minimum atomic E-state index is -0.128. The zero-order valence-corrected chi connectivity index (χ0v) is 19.4. The Kier molecular flexibility index (Phi) is 7.63. The number of thioether (sulfide) groups is 1. The third kappa shape index (κ3) is 5.79. The van der Waals surface area contributed by atoms with E-state index in [2.05, 4.69) is 12.4 Å². The molecule has 0 spiro atoms. The molecule has 4 rings (SSSR count). The Morgan fingerprint density at radius 3 is 2.56 bits per heavy atom. The van der Waals surface area contributed by atoms with Crippen molar-refractivity contribution in [3.8, 4) is 0 Å². The number of hydrogen-bond donors (Lipinski definition) is 3. The van der Waals surface area contributed by atoms with Gasteiger partial charge >= 0.3 is 0 Å². The fourth-order valence-corrected chi connectivity index (χ4v) is 5.22. The number of amides is 2. The molecular weight excluding hydrogens is 420 g/mol. The highest BCUT2D eigenvalue weighted by Gasteiger charge is 2.30. The Hall–Kier alpha value is -2.61. The maximum absolute atomic E-state index is 13.2. The van der Waals surface area contributed by atoms with Crippen LogP contribution in [0.2, 0.25) is 0 Å². The molecule has 32 heavy (non-hydrogen) atoms. The van der Waals surface area contributed by atoms with Gasteiger partial charge in [-0.1, -0.05) is 54.2 Å². The first-order chi connectivity index (χ1) is 15.6. The van der Waals surface area contributed by atoms with Crippen LogP contribution < -0.4 is 20.0 Å². The van der Waals surface area contributed by atoms with E-state index in [9.17, 15) is 9.59 Å². The second kappa shape index (κ2) is 10.8. The zero-order valence-electron chi connectivity index (χ0n) is 18.6. The third-order valence-corrected chi connectivity index (χ3v) is 7.15. The van der Waals surface area contributed by atoms with Gasteiger partial charge in [0.05, 0.1) is 24.2 Å². The van der Waals surface area contributed by atoms with E-state index < -0.39 is 0 Å². The molecule has 2 aromatic carbocycles. The molecule has 168 valence electrons. The van der Waals surface area contributed by atoms with Gasteiger partial charge < -0.3 is 15.1 Å². The van der Waals surface area contributed by atoms with Crippen LogP contribution in [0.5, 0.6) is 0 Å². The number of nitrogens with zero attached hydrogens (tertiary/aromatic N) is 1. The molecule has 0 bridgehead atoms. The lowest BCUT2D eigenvalue weighted by molar-refractivity contribution is -1.00. The van der Waals surface area contributed by atoms with Gasteiger partial charge in [0.2, 0.25) is 5.91 Å². The number of hydrogen-bond acceptors (Lipinski definition) is 3. The minimum Gasteiger partial charge on any atom is -0.354 e. The molecule has 2 aromatic rings. The van der Waals surface area contributed by atoms with E-state index in [1.165, 1.54) is 37.9 Å².